The summed E-state index contributed by atoms with van der Waals surface area (Å²) in [6.07, 6.45) is 0.963. The van der Waals surface area contributed by atoms with E-state index in [1.54, 1.807) is 6.07 Å². The Morgan fingerprint density at radius 1 is 1.33 bits per heavy atom. The van der Waals surface area contributed by atoms with E-state index in [-0.39, 0.29) is 18.4 Å². The van der Waals surface area contributed by atoms with Gasteiger partial charge in [-0.25, -0.2) is 8.78 Å². The van der Waals surface area contributed by atoms with Gasteiger partial charge in [0, 0.05) is 19.1 Å². The molecule has 2 rings (SSSR count). The molecule has 0 spiro atoms. The molecule has 102 valence electrons. The van der Waals surface area contributed by atoms with Gasteiger partial charge in [-0.05, 0) is 36.6 Å². The number of halogens is 3. The molecule has 0 radical (unpaired) electrons. The lowest BCUT2D eigenvalue weighted by Crippen LogP contribution is -2.45. The number of hydrogen-bond acceptors (Lipinski definition) is 2. The van der Waals surface area contributed by atoms with Crippen LogP contribution in [-0.4, -0.2) is 24.0 Å². The van der Waals surface area contributed by atoms with E-state index in [9.17, 15) is 8.78 Å². The summed E-state index contributed by atoms with van der Waals surface area (Å²) in [6, 6.07) is 4.35. The smallest absolute Gasteiger partial charge is 0.159 e. The van der Waals surface area contributed by atoms with Gasteiger partial charge in [-0.15, -0.1) is 12.4 Å². The first kappa shape index (κ1) is 15.3. The first-order valence-corrected chi connectivity index (χ1v) is 5.98. The number of piperidine rings is 1. The number of nitrogens with zero attached hydrogens (tertiary/aromatic N) is 1. The molecule has 2 unspecified atom stereocenters. The third-order valence-corrected chi connectivity index (χ3v) is 3.45. The van der Waals surface area contributed by atoms with E-state index in [0.29, 0.717) is 12.5 Å². The minimum atomic E-state index is -0.789. The molecule has 0 aromatic heterocycles. The SMILES string of the molecule is CC1CN(Cc2ccc(F)c(F)c2)CCC1N.Cl. The number of nitrogens with two attached hydrogens (primary N) is 1. The predicted octanol–water partition coefficient (Wildman–Crippen LogP) is 2.56. The largest absolute Gasteiger partial charge is 0.327 e. The molecule has 2 atom stereocenters. The second kappa shape index (κ2) is 6.45. The summed E-state index contributed by atoms with van der Waals surface area (Å²) in [7, 11) is 0. The van der Waals surface area contributed by atoms with Crippen LogP contribution in [0.1, 0.15) is 18.9 Å². The van der Waals surface area contributed by atoms with E-state index in [1.165, 1.54) is 12.1 Å². The quantitative estimate of drug-likeness (QED) is 0.900. The van der Waals surface area contributed by atoms with Crippen molar-refractivity contribution >= 4 is 12.4 Å². The fraction of sp³-hybridized carbons (Fsp3) is 0.538. The third-order valence-electron chi connectivity index (χ3n) is 3.45. The molecular weight excluding hydrogens is 258 g/mol. The van der Waals surface area contributed by atoms with Gasteiger partial charge in [0.25, 0.3) is 0 Å². The lowest BCUT2D eigenvalue weighted by molar-refractivity contribution is 0.157. The summed E-state index contributed by atoms with van der Waals surface area (Å²) in [5, 5.41) is 0. The fourth-order valence-electron chi connectivity index (χ4n) is 2.29. The molecule has 0 aliphatic carbocycles. The summed E-state index contributed by atoms with van der Waals surface area (Å²) in [5.74, 6) is -1.11. The van der Waals surface area contributed by atoms with Crippen molar-refractivity contribution in [3.05, 3.63) is 35.4 Å². The molecule has 0 amide bonds. The number of likely N-dealkylation sites (tertiary alicyclic amines) is 1. The Kier molecular flexibility index (Phi) is 5.50. The Morgan fingerprint density at radius 2 is 2.06 bits per heavy atom. The van der Waals surface area contributed by atoms with Crippen LogP contribution in [0.25, 0.3) is 0 Å². The zero-order chi connectivity index (χ0) is 12.4. The van der Waals surface area contributed by atoms with Gasteiger partial charge in [0.2, 0.25) is 0 Å². The molecule has 0 saturated carbocycles. The second-order valence-corrected chi connectivity index (χ2v) is 4.91. The minimum Gasteiger partial charge on any atom is -0.327 e. The molecule has 0 bridgehead atoms. The molecule has 1 fully saturated rings. The molecule has 18 heavy (non-hydrogen) atoms. The number of hydrogen-bond donors (Lipinski definition) is 1. The molecule has 2 N–H and O–H groups in total. The Balaban J connectivity index is 0.00000162. The van der Waals surface area contributed by atoms with Gasteiger partial charge in [0.05, 0.1) is 0 Å². The highest BCUT2D eigenvalue weighted by atomic mass is 35.5. The van der Waals surface area contributed by atoms with Crippen molar-refractivity contribution in [3.63, 3.8) is 0 Å². The van der Waals surface area contributed by atoms with Crippen LogP contribution < -0.4 is 5.73 Å². The van der Waals surface area contributed by atoms with Crippen molar-refractivity contribution in [2.24, 2.45) is 11.7 Å². The van der Waals surface area contributed by atoms with Crippen molar-refractivity contribution in [2.75, 3.05) is 13.1 Å². The lowest BCUT2D eigenvalue weighted by Gasteiger charge is -2.35. The molecule has 2 nitrogen and oxygen atoms in total. The summed E-state index contributed by atoms with van der Waals surface area (Å²) in [6.45, 7) is 4.63. The Hall–Kier alpha value is -0.710. The van der Waals surface area contributed by atoms with Crippen molar-refractivity contribution < 1.29 is 8.78 Å². The van der Waals surface area contributed by atoms with Crippen LogP contribution in [0, 0.1) is 17.6 Å². The zero-order valence-electron chi connectivity index (χ0n) is 10.4. The summed E-state index contributed by atoms with van der Waals surface area (Å²) in [4.78, 5) is 2.24. The average Bonchev–Trinajstić information content (AvgIpc) is 2.29. The molecule has 1 saturated heterocycles. The molecule has 1 heterocycles. The molecule has 1 aliphatic heterocycles. The van der Waals surface area contributed by atoms with Crippen LogP contribution in [0.15, 0.2) is 18.2 Å². The number of rotatable bonds is 2. The number of benzene rings is 1. The second-order valence-electron chi connectivity index (χ2n) is 4.91. The van der Waals surface area contributed by atoms with Crippen molar-refractivity contribution in [1.29, 1.82) is 0 Å². The topological polar surface area (TPSA) is 29.3 Å². The molecule has 1 aromatic rings. The highest BCUT2D eigenvalue weighted by Crippen LogP contribution is 2.18. The van der Waals surface area contributed by atoms with Crippen LogP contribution in [0.2, 0.25) is 0 Å². The Bertz CT molecular complexity index is 401. The summed E-state index contributed by atoms with van der Waals surface area (Å²) < 4.78 is 25.8. The first-order valence-electron chi connectivity index (χ1n) is 5.98. The summed E-state index contributed by atoms with van der Waals surface area (Å²) in [5.41, 5.74) is 6.75. The van der Waals surface area contributed by atoms with Gasteiger partial charge in [-0.3, -0.25) is 4.90 Å². The van der Waals surface area contributed by atoms with Crippen LogP contribution >= 0.6 is 12.4 Å². The Morgan fingerprint density at radius 3 is 2.67 bits per heavy atom. The molecule has 1 aliphatic rings. The lowest BCUT2D eigenvalue weighted by atomic mass is 9.94. The van der Waals surface area contributed by atoms with Crippen molar-refractivity contribution in [2.45, 2.75) is 25.9 Å². The van der Waals surface area contributed by atoms with E-state index < -0.39 is 11.6 Å². The average molecular weight is 277 g/mol. The van der Waals surface area contributed by atoms with Crippen LogP contribution in [0.5, 0.6) is 0 Å². The normalized spacial score (nSPS) is 24.7. The Labute approximate surface area is 113 Å². The van der Waals surface area contributed by atoms with Gasteiger partial charge in [-0.2, -0.15) is 0 Å². The molecule has 1 aromatic carbocycles. The van der Waals surface area contributed by atoms with E-state index >= 15 is 0 Å². The van der Waals surface area contributed by atoms with Crippen molar-refractivity contribution in [3.8, 4) is 0 Å². The predicted molar refractivity (Wildman–Crippen MR) is 70.6 cm³/mol. The summed E-state index contributed by atoms with van der Waals surface area (Å²) >= 11 is 0. The minimum absolute atomic E-state index is 0. The molecular formula is C13H19ClF2N2. The van der Waals surface area contributed by atoms with Crippen LogP contribution in [0.4, 0.5) is 8.78 Å². The van der Waals surface area contributed by atoms with E-state index in [1.807, 2.05) is 0 Å². The zero-order valence-corrected chi connectivity index (χ0v) is 11.2. The monoisotopic (exact) mass is 276 g/mol. The maximum atomic E-state index is 13.1. The van der Waals surface area contributed by atoms with Crippen LogP contribution in [-0.2, 0) is 6.54 Å². The van der Waals surface area contributed by atoms with Gasteiger partial charge in [0.15, 0.2) is 11.6 Å². The van der Waals surface area contributed by atoms with Crippen LogP contribution in [0.3, 0.4) is 0 Å². The fourth-order valence-corrected chi connectivity index (χ4v) is 2.29. The van der Waals surface area contributed by atoms with E-state index in [2.05, 4.69) is 11.8 Å². The maximum absolute atomic E-state index is 13.1. The maximum Gasteiger partial charge on any atom is 0.159 e. The van der Waals surface area contributed by atoms with E-state index in [4.69, 9.17) is 5.73 Å². The van der Waals surface area contributed by atoms with Crippen molar-refractivity contribution in [1.82, 2.24) is 4.90 Å². The molecule has 5 heteroatoms. The first-order chi connectivity index (χ1) is 8.06. The third kappa shape index (κ3) is 3.64. The van der Waals surface area contributed by atoms with E-state index in [0.717, 1.165) is 25.1 Å². The van der Waals surface area contributed by atoms with Gasteiger partial charge in [0.1, 0.15) is 0 Å². The highest BCUT2D eigenvalue weighted by Gasteiger charge is 2.23. The van der Waals surface area contributed by atoms with Gasteiger partial charge >= 0.3 is 0 Å². The van der Waals surface area contributed by atoms with Gasteiger partial charge < -0.3 is 5.73 Å². The van der Waals surface area contributed by atoms with Gasteiger partial charge in [-0.1, -0.05) is 13.0 Å². The standard InChI is InChI=1S/C13H18F2N2.ClH/c1-9-7-17(5-4-13(9)16)8-10-2-3-11(14)12(15)6-10;/h2-3,6,9,13H,4-5,7-8,16H2,1H3;1H. The highest BCUT2D eigenvalue weighted by molar-refractivity contribution is 5.85.